The van der Waals surface area contributed by atoms with Crippen LogP contribution in [0.15, 0.2) is 24.4 Å². The quantitative estimate of drug-likeness (QED) is 0.861. The number of aryl methyl sites for hydroxylation is 2. The van der Waals surface area contributed by atoms with Crippen molar-refractivity contribution in [2.75, 3.05) is 23.3 Å². The van der Waals surface area contributed by atoms with Gasteiger partial charge in [-0.2, -0.15) is 0 Å². The number of anilines is 2. The molecule has 2 bridgehead atoms. The summed E-state index contributed by atoms with van der Waals surface area (Å²) in [7, 11) is 0. The Balaban J connectivity index is 1.82. The number of hydrogen-bond donors (Lipinski definition) is 1. The van der Waals surface area contributed by atoms with Crippen LogP contribution in [0.25, 0.3) is 11.3 Å². The van der Waals surface area contributed by atoms with E-state index in [1.807, 2.05) is 19.2 Å². The highest BCUT2D eigenvalue weighted by Gasteiger charge is 2.31. The fourth-order valence-corrected chi connectivity index (χ4v) is 3.14. The molecule has 0 aliphatic carbocycles. The van der Waals surface area contributed by atoms with Gasteiger partial charge < -0.3 is 10.2 Å². The molecule has 102 valence electrons. The number of nitrogens with one attached hydrogen (secondary N) is 1. The van der Waals surface area contributed by atoms with Crippen LogP contribution in [0.2, 0.25) is 0 Å². The predicted octanol–water partition coefficient (Wildman–Crippen LogP) is 2.76. The minimum atomic E-state index is 0.557. The maximum Gasteiger partial charge on any atom is 0.150 e. The van der Waals surface area contributed by atoms with Gasteiger partial charge in [-0.3, -0.25) is 4.98 Å². The van der Waals surface area contributed by atoms with Crippen LogP contribution in [0.5, 0.6) is 0 Å². The van der Waals surface area contributed by atoms with E-state index in [-0.39, 0.29) is 0 Å². The van der Waals surface area contributed by atoms with E-state index in [9.17, 15) is 0 Å². The van der Waals surface area contributed by atoms with Crippen LogP contribution in [-0.4, -0.2) is 29.1 Å². The minimum absolute atomic E-state index is 0.557. The van der Waals surface area contributed by atoms with Crippen molar-refractivity contribution < 1.29 is 0 Å². The van der Waals surface area contributed by atoms with Crippen molar-refractivity contribution in [2.24, 2.45) is 0 Å². The number of hydrogen-bond acceptors (Lipinski definition) is 4. The second kappa shape index (κ2) is 4.20. The van der Waals surface area contributed by atoms with Gasteiger partial charge in [0.25, 0.3) is 0 Å². The van der Waals surface area contributed by atoms with Crippen LogP contribution in [-0.2, 0) is 0 Å². The maximum absolute atomic E-state index is 4.86. The van der Waals surface area contributed by atoms with Crippen molar-refractivity contribution in [1.82, 2.24) is 9.97 Å². The molecule has 0 saturated carbocycles. The van der Waals surface area contributed by atoms with Gasteiger partial charge in [-0.25, -0.2) is 4.98 Å². The first-order valence-corrected chi connectivity index (χ1v) is 7.17. The average Bonchev–Trinajstić information content (AvgIpc) is 2.84. The molecule has 1 N–H and O–H groups in total. The van der Waals surface area contributed by atoms with Crippen LogP contribution in [0.3, 0.4) is 0 Å². The average molecular weight is 266 g/mol. The summed E-state index contributed by atoms with van der Waals surface area (Å²) in [6, 6.07) is 6.95. The third kappa shape index (κ3) is 1.75. The largest absolute Gasteiger partial charge is 0.366 e. The molecule has 2 aromatic rings. The minimum Gasteiger partial charge on any atom is -0.366 e. The lowest BCUT2D eigenvalue weighted by atomic mass is 10.1. The summed E-state index contributed by atoms with van der Waals surface area (Å²) in [5, 5.41) is 3.56. The van der Waals surface area contributed by atoms with Crippen LogP contribution in [0, 0.1) is 13.8 Å². The molecule has 4 heterocycles. The summed E-state index contributed by atoms with van der Waals surface area (Å²) in [5.74, 6) is 1.03. The van der Waals surface area contributed by atoms with E-state index in [1.165, 1.54) is 17.7 Å². The smallest absolute Gasteiger partial charge is 0.150 e. The third-order valence-corrected chi connectivity index (χ3v) is 4.25. The Kier molecular flexibility index (Phi) is 2.46. The van der Waals surface area contributed by atoms with Gasteiger partial charge in [0.05, 0.1) is 11.4 Å². The summed E-state index contributed by atoms with van der Waals surface area (Å²) in [4.78, 5) is 11.7. The predicted molar refractivity (Wildman–Crippen MR) is 81.2 cm³/mol. The van der Waals surface area contributed by atoms with E-state index in [0.29, 0.717) is 6.04 Å². The number of nitrogens with zero attached hydrogens (tertiary/aromatic N) is 3. The van der Waals surface area contributed by atoms with E-state index in [2.05, 4.69) is 34.3 Å². The lowest BCUT2D eigenvalue weighted by Crippen LogP contribution is -2.32. The standard InChI is InChI=1S/C16H18N4/c1-10-7-14-16(18-13-5-6-20(14)9-13)19-15(10)12-4-3-11(2)17-8-12/h3-4,7-8,13H,5-6,9H2,1-2H3,(H,18,19). The number of aromatic nitrogens is 2. The van der Waals surface area contributed by atoms with Crippen LogP contribution in [0.1, 0.15) is 17.7 Å². The lowest BCUT2D eigenvalue weighted by Gasteiger charge is -2.28. The van der Waals surface area contributed by atoms with E-state index >= 15 is 0 Å². The molecule has 0 amide bonds. The Hall–Kier alpha value is -2.10. The molecule has 0 aromatic carbocycles. The zero-order chi connectivity index (χ0) is 13.7. The van der Waals surface area contributed by atoms with Crippen molar-refractivity contribution >= 4 is 11.5 Å². The molecule has 1 fully saturated rings. The molecule has 4 rings (SSSR count). The summed E-state index contributed by atoms with van der Waals surface area (Å²) in [5.41, 5.74) is 5.62. The highest BCUT2D eigenvalue weighted by atomic mass is 15.3. The fraction of sp³-hybridized carbons (Fsp3) is 0.375. The Morgan fingerprint density at radius 1 is 1.30 bits per heavy atom. The lowest BCUT2D eigenvalue weighted by molar-refractivity contribution is 0.788. The topological polar surface area (TPSA) is 41.1 Å². The summed E-state index contributed by atoms with van der Waals surface area (Å²) in [6.45, 7) is 6.38. The van der Waals surface area contributed by atoms with Crippen LogP contribution >= 0.6 is 0 Å². The fourth-order valence-electron chi connectivity index (χ4n) is 3.14. The highest BCUT2D eigenvalue weighted by Crippen LogP contribution is 2.37. The number of pyridine rings is 2. The molecule has 4 heteroatoms. The Labute approximate surface area is 118 Å². The van der Waals surface area contributed by atoms with E-state index in [1.54, 1.807) is 0 Å². The van der Waals surface area contributed by atoms with Gasteiger partial charge in [-0.1, -0.05) is 0 Å². The van der Waals surface area contributed by atoms with E-state index in [0.717, 1.165) is 35.9 Å². The van der Waals surface area contributed by atoms with Crippen molar-refractivity contribution in [1.29, 1.82) is 0 Å². The van der Waals surface area contributed by atoms with Crippen molar-refractivity contribution in [3.8, 4) is 11.3 Å². The first kappa shape index (κ1) is 11.7. The first-order chi connectivity index (χ1) is 9.70. The van der Waals surface area contributed by atoms with Crippen molar-refractivity contribution in [3.63, 3.8) is 0 Å². The van der Waals surface area contributed by atoms with Crippen molar-refractivity contribution in [2.45, 2.75) is 26.3 Å². The molecule has 0 spiro atoms. The van der Waals surface area contributed by atoms with Gasteiger partial charge in [0.1, 0.15) is 0 Å². The molecule has 1 saturated heterocycles. The van der Waals surface area contributed by atoms with Gasteiger partial charge in [-0.05, 0) is 44.0 Å². The molecule has 2 aromatic heterocycles. The SMILES string of the molecule is Cc1ccc(-c2nc3c(cc2C)N2CCC(C2)N3)cn1. The molecule has 0 radical (unpaired) electrons. The Bertz CT molecular complexity index is 663. The maximum atomic E-state index is 4.86. The van der Waals surface area contributed by atoms with Crippen LogP contribution in [0.4, 0.5) is 11.5 Å². The van der Waals surface area contributed by atoms with Gasteiger partial charge in [0.2, 0.25) is 0 Å². The second-order valence-corrected chi connectivity index (χ2v) is 5.79. The normalized spacial score (nSPS) is 19.7. The van der Waals surface area contributed by atoms with E-state index in [4.69, 9.17) is 4.98 Å². The highest BCUT2D eigenvalue weighted by molar-refractivity contribution is 5.76. The number of fused-ring (bicyclic) bond motifs is 4. The molecule has 4 nitrogen and oxygen atoms in total. The molecule has 2 aliphatic rings. The molecular weight excluding hydrogens is 248 g/mol. The first-order valence-electron chi connectivity index (χ1n) is 7.17. The Morgan fingerprint density at radius 3 is 3.00 bits per heavy atom. The van der Waals surface area contributed by atoms with Gasteiger partial charge in [-0.15, -0.1) is 0 Å². The third-order valence-electron chi connectivity index (χ3n) is 4.25. The monoisotopic (exact) mass is 266 g/mol. The summed E-state index contributed by atoms with van der Waals surface area (Å²) >= 11 is 0. The second-order valence-electron chi connectivity index (χ2n) is 5.79. The summed E-state index contributed by atoms with van der Waals surface area (Å²) < 4.78 is 0. The summed E-state index contributed by atoms with van der Waals surface area (Å²) in [6.07, 6.45) is 3.12. The van der Waals surface area contributed by atoms with Gasteiger partial charge in [0, 0.05) is 36.6 Å². The Morgan fingerprint density at radius 2 is 2.20 bits per heavy atom. The molecule has 1 atom stereocenters. The molecule has 1 unspecified atom stereocenters. The van der Waals surface area contributed by atoms with E-state index < -0.39 is 0 Å². The zero-order valence-corrected chi connectivity index (χ0v) is 11.8. The van der Waals surface area contributed by atoms with Gasteiger partial charge in [0.15, 0.2) is 5.82 Å². The number of rotatable bonds is 1. The molecule has 2 aliphatic heterocycles. The molecular formula is C16H18N4. The van der Waals surface area contributed by atoms with Gasteiger partial charge >= 0.3 is 0 Å². The zero-order valence-electron chi connectivity index (χ0n) is 11.8. The van der Waals surface area contributed by atoms with Crippen molar-refractivity contribution in [3.05, 3.63) is 35.7 Å². The molecule has 20 heavy (non-hydrogen) atoms. The van der Waals surface area contributed by atoms with Crippen LogP contribution < -0.4 is 10.2 Å².